The fourth-order valence-electron chi connectivity index (χ4n) is 5.08. The van der Waals surface area contributed by atoms with Crippen LogP contribution in [0.15, 0.2) is 77.1 Å². The van der Waals surface area contributed by atoms with Gasteiger partial charge in [0.1, 0.15) is 17.0 Å². The predicted octanol–water partition coefficient (Wildman–Crippen LogP) is 3.78. The minimum Gasteiger partial charge on any atom is -0.388 e. The Labute approximate surface area is 252 Å². The summed E-state index contributed by atoms with van der Waals surface area (Å²) in [6, 6.07) is 15.1. The highest BCUT2D eigenvalue weighted by Gasteiger charge is 2.32. The number of benzene rings is 2. The number of carbonyl (C=O) groups is 1. The second kappa shape index (κ2) is 12.4. The Morgan fingerprint density at radius 3 is 2.57 bits per heavy atom. The van der Waals surface area contributed by atoms with Crippen molar-refractivity contribution in [1.82, 2.24) is 29.2 Å². The van der Waals surface area contributed by atoms with Gasteiger partial charge in [-0.1, -0.05) is 67.4 Å². The monoisotopic (exact) mass is 607 g/mol. The number of carbonyl (C=O) groups excluding carboxylic acids is 1. The minimum atomic E-state index is -0.829. The largest absolute Gasteiger partial charge is 0.388 e. The molecule has 1 aliphatic heterocycles. The van der Waals surface area contributed by atoms with Crippen LogP contribution in [-0.2, 0) is 24.3 Å². The second-order valence-corrected chi connectivity index (χ2v) is 11.2. The molecule has 3 heterocycles. The average molecular weight is 609 g/mol. The Morgan fingerprint density at radius 1 is 1.12 bits per heavy atom. The summed E-state index contributed by atoms with van der Waals surface area (Å²) in [7, 11) is 0. The lowest BCUT2D eigenvalue weighted by Crippen LogP contribution is -2.45. The molecule has 0 fully saturated rings. The molecule has 5 rings (SSSR count). The first kappa shape index (κ1) is 29.3. The number of hydrogen-bond acceptors (Lipinski definition) is 8. The third-order valence-corrected chi connectivity index (χ3v) is 7.45. The molecule has 0 spiro atoms. The van der Waals surface area contributed by atoms with Gasteiger partial charge in [0.05, 0.1) is 30.5 Å². The maximum Gasteiger partial charge on any atom is 0.254 e. The molecule has 13 heteroatoms. The fourth-order valence-corrected chi connectivity index (χ4v) is 5.36. The summed E-state index contributed by atoms with van der Waals surface area (Å²) in [6.45, 7) is 5.49. The van der Waals surface area contributed by atoms with Crippen molar-refractivity contribution in [3.63, 3.8) is 0 Å². The van der Waals surface area contributed by atoms with Crippen molar-refractivity contribution < 1.29 is 4.79 Å². The van der Waals surface area contributed by atoms with Crippen LogP contribution in [0.25, 0.3) is 11.3 Å². The predicted molar refractivity (Wildman–Crippen MR) is 162 cm³/mol. The number of aromatic nitrogens is 5. The van der Waals surface area contributed by atoms with Gasteiger partial charge in [0, 0.05) is 42.1 Å². The molecular weight excluding hydrogens is 577 g/mol. The van der Waals surface area contributed by atoms with Crippen molar-refractivity contribution >= 4 is 34.8 Å². The molecule has 1 aliphatic rings. The molecule has 0 saturated heterocycles. The van der Waals surface area contributed by atoms with Gasteiger partial charge in [-0.2, -0.15) is 0 Å². The van der Waals surface area contributed by atoms with Crippen LogP contribution in [0.2, 0.25) is 5.02 Å². The molecule has 1 atom stereocenters. The van der Waals surface area contributed by atoms with Gasteiger partial charge in [-0.15, -0.1) is 10.2 Å². The van der Waals surface area contributed by atoms with Crippen LogP contribution in [0.4, 0.5) is 5.69 Å². The van der Waals surface area contributed by atoms with Gasteiger partial charge < -0.3 is 15.2 Å². The normalized spacial score (nSPS) is 14.1. The quantitative estimate of drug-likeness (QED) is 0.175. The lowest BCUT2D eigenvalue weighted by molar-refractivity contribution is -0.136. The fraction of sp³-hybridized carbons (Fsp3) is 0.276. The van der Waals surface area contributed by atoms with E-state index in [9.17, 15) is 9.59 Å². The summed E-state index contributed by atoms with van der Waals surface area (Å²) in [5.41, 5.74) is 7.38. The maximum atomic E-state index is 14.1. The number of nitrogens with zero attached hydrogens (tertiary/aromatic N) is 7. The summed E-state index contributed by atoms with van der Waals surface area (Å²) >= 11 is 12.1. The van der Waals surface area contributed by atoms with Crippen LogP contribution < -0.4 is 22.1 Å². The number of amides is 1. The molecule has 2 aromatic carbocycles. The molecule has 11 nitrogen and oxygen atoms in total. The number of hydrazine groups is 1. The average Bonchev–Trinajstić information content (AvgIpc) is 3.40. The van der Waals surface area contributed by atoms with Crippen LogP contribution in [0.3, 0.4) is 0 Å². The van der Waals surface area contributed by atoms with E-state index in [1.807, 2.05) is 30.3 Å². The van der Waals surface area contributed by atoms with Crippen LogP contribution in [-0.4, -0.2) is 41.7 Å². The summed E-state index contributed by atoms with van der Waals surface area (Å²) < 4.78 is 3.44. The molecule has 0 radical (unpaired) electrons. The summed E-state index contributed by atoms with van der Waals surface area (Å²) in [5.74, 6) is 7.78. The van der Waals surface area contributed by atoms with Gasteiger partial charge in [0.2, 0.25) is 5.91 Å². The number of hydrogen-bond donors (Lipinski definition) is 2. The number of nitrogens with two attached hydrogens (primary N) is 2. The zero-order valence-corrected chi connectivity index (χ0v) is 24.7. The summed E-state index contributed by atoms with van der Waals surface area (Å²) in [5, 5.41) is 10.3. The molecule has 4 N–H and O–H groups in total. The van der Waals surface area contributed by atoms with Crippen LogP contribution >= 0.6 is 23.2 Å². The van der Waals surface area contributed by atoms with E-state index in [1.165, 1.54) is 28.2 Å². The second-order valence-electron chi connectivity index (χ2n) is 10.3. The van der Waals surface area contributed by atoms with Crippen molar-refractivity contribution in [2.45, 2.75) is 45.3 Å². The number of halogens is 2. The highest BCUT2D eigenvalue weighted by Crippen LogP contribution is 2.31. The SMILES string of the molecule is CC(C)c1nnc2n1CCN(C(=O)C(Cc1ccccc1)n1cnc(-c3cc(Cl)ccc3N(N)/C=C(\N)Cl)cc1=O)C2. The topological polar surface area (TPSA) is 141 Å². The molecule has 2 aromatic heterocycles. The Bertz CT molecular complexity index is 1680. The first-order valence-corrected chi connectivity index (χ1v) is 14.2. The highest BCUT2D eigenvalue weighted by atomic mass is 35.5. The Kier molecular flexibility index (Phi) is 8.62. The lowest BCUT2D eigenvalue weighted by atomic mass is 10.0. The molecule has 42 heavy (non-hydrogen) atoms. The van der Waals surface area contributed by atoms with Crippen LogP contribution in [0.1, 0.15) is 43.0 Å². The van der Waals surface area contributed by atoms with Crippen molar-refractivity contribution in [2.75, 3.05) is 11.6 Å². The number of rotatable bonds is 8. The van der Waals surface area contributed by atoms with E-state index in [2.05, 4.69) is 33.6 Å². The van der Waals surface area contributed by atoms with Gasteiger partial charge in [0.15, 0.2) is 5.82 Å². The Balaban J connectivity index is 1.51. The Morgan fingerprint density at radius 2 is 1.88 bits per heavy atom. The first-order chi connectivity index (χ1) is 20.1. The molecule has 1 amide bonds. The summed E-state index contributed by atoms with van der Waals surface area (Å²) in [6.07, 6.45) is 3.03. The molecule has 4 aromatic rings. The van der Waals surface area contributed by atoms with Crippen molar-refractivity contribution in [1.29, 1.82) is 0 Å². The molecule has 0 bridgehead atoms. The van der Waals surface area contributed by atoms with Crippen LogP contribution in [0, 0.1) is 0 Å². The standard InChI is InChI=1S/C29H31Cl2N9O2/c1-18(2)28-36-35-26-16-37(10-11-38(26)28)29(42)24(12-19-6-4-3-5-7-19)39-17-34-22(14-27(39)41)21-13-20(30)8-9-23(21)40(33)15-25(31)32/h3-9,13-15,17-18,24H,10-12,16,32-33H2,1-2H3/b25-15-. The smallest absolute Gasteiger partial charge is 0.254 e. The third kappa shape index (κ3) is 6.18. The first-order valence-electron chi connectivity index (χ1n) is 13.4. The van der Waals surface area contributed by atoms with Gasteiger partial charge in [-0.25, -0.2) is 10.8 Å². The molecule has 0 aliphatic carbocycles. The van der Waals surface area contributed by atoms with E-state index in [-0.39, 0.29) is 17.0 Å². The Hall–Kier alpha value is -4.19. The zero-order chi connectivity index (χ0) is 30.0. The van der Waals surface area contributed by atoms with E-state index in [0.717, 1.165) is 17.2 Å². The van der Waals surface area contributed by atoms with Crippen molar-refractivity contribution in [3.05, 3.63) is 105 Å². The van der Waals surface area contributed by atoms with Gasteiger partial charge in [0.25, 0.3) is 5.56 Å². The molecule has 218 valence electrons. The van der Waals surface area contributed by atoms with Crippen LogP contribution in [0.5, 0.6) is 0 Å². The molecule has 0 saturated carbocycles. The molecule has 1 unspecified atom stereocenters. The minimum absolute atomic E-state index is 0.0274. The van der Waals surface area contributed by atoms with E-state index in [1.54, 1.807) is 23.1 Å². The third-order valence-electron chi connectivity index (χ3n) is 7.11. The van der Waals surface area contributed by atoms with E-state index >= 15 is 0 Å². The number of anilines is 1. The van der Waals surface area contributed by atoms with Crippen molar-refractivity contribution in [2.24, 2.45) is 11.6 Å². The zero-order valence-electron chi connectivity index (χ0n) is 23.2. The highest BCUT2D eigenvalue weighted by molar-refractivity contribution is 6.31. The van der Waals surface area contributed by atoms with Crippen molar-refractivity contribution in [3.8, 4) is 11.3 Å². The van der Waals surface area contributed by atoms with E-state index in [4.69, 9.17) is 34.8 Å². The lowest BCUT2D eigenvalue weighted by Gasteiger charge is -2.32. The maximum absolute atomic E-state index is 14.1. The summed E-state index contributed by atoms with van der Waals surface area (Å²) in [4.78, 5) is 34.0. The van der Waals surface area contributed by atoms with E-state index in [0.29, 0.717) is 48.0 Å². The molecular formula is C29H31Cl2N9O2. The van der Waals surface area contributed by atoms with Gasteiger partial charge >= 0.3 is 0 Å². The van der Waals surface area contributed by atoms with Gasteiger partial charge in [-0.3, -0.25) is 19.2 Å². The number of fused-ring (bicyclic) bond motifs is 1. The van der Waals surface area contributed by atoms with Gasteiger partial charge in [-0.05, 0) is 23.8 Å². The van der Waals surface area contributed by atoms with E-state index < -0.39 is 11.6 Å².